The fourth-order valence-electron chi connectivity index (χ4n) is 2.92. The molecule has 0 aromatic heterocycles. The van der Waals surface area contributed by atoms with Crippen LogP contribution in [0.2, 0.25) is 5.02 Å². The number of halogens is 7. The highest BCUT2D eigenvalue weighted by atomic mass is 35.5. The van der Waals surface area contributed by atoms with E-state index in [1.165, 1.54) is 12.1 Å². The van der Waals surface area contributed by atoms with Crippen LogP contribution >= 0.6 is 11.6 Å². The molecule has 0 unspecified atom stereocenters. The Hall–Kier alpha value is -2.01. The predicted octanol–water partition coefficient (Wildman–Crippen LogP) is 5.67. The van der Waals surface area contributed by atoms with Gasteiger partial charge in [-0.2, -0.15) is 26.3 Å². The highest BCUT2D eigenvalue weighted by molar-refractivity contribution is 6.33. The number of esters is 1. The fraction of sp³-hybridized carbons (Fsp3) is 0.619. The molecule has 1 aromatic rings. The molecule has 1 aliphatic rings. The third-order valence-electron chi connectivity index (χ3n) is 4.67. The molecule has 0 saturated carbocycles. The van der Waals surface area contributed by atoms with Crippen LogP contribution in [0.25, 0.3) is 0 Å². The van der Waals surface area contributed by atoms with E-state index in [0.29, 0.717) is 31.7 Å². The molecule has 33 heavy (non-hydrogen) atoms. The van der Waals surface area contributed by atoms with Crippen molar-refractivity contribution in [3.05, 3.63) is 28.8 Å². The highest BCUT2D eigenvalue weighted by Crippen LogP contribution is 2.32. The van der Waals surface area contributed by atoms with Gasteiger partial charge in [-0.3, -0.25) is 9.59 Å². The Labute approximate surface area is 193 Å². The second kappa shape index (κ2) is 13.6. The molecule has 1 saturated heterocycles. The molecule has 2 rings (SSSR count). The number of carbonyl (C=O) groups is 2. The molecule has 1 amide bonds. The molecule has 0 spiro atoms. The van der Waals surface area contributed by atoms with E-state index in [1.54, 1.807) is 13.0 Å². The Morgan fingerprint density at radius 2 is 1.76 bits per heavy atom. The van der Waals surface area contributed by atoms with Gasteiger partial charge in [0.15, 0.2) is 0 Å². The number of hydrogen-bond acceptors (Lipinski definition) is 4. The van der Waals surface area contributed by atoms with Crippen LogP contribution in [0.3, 0.4) is 0 Å². The van der Waals surface area contributed by atoms with Crippen LogP contribution in [0.1, 0.15) is 44.6 Å². The van der Waals surface area contributed by atoms with Gasteiger partial charge in [0.25, 0.3) is 0 Å². The van der Waals surface area contributed by atoms with Crippen molar-refractivity contribution in [1.29, 1.82) is 0 Å². The summed E-state index contributed by atoms with van der Waals surface area (Å²) in [6.45, 7) is 3.00. The van der Waals surface area contributed by atoms with Crippen LogP contribution in [0.15, 0.2) is 18.2 Å². The lowest BCUT2D eigenvalue weighted by atomic mass is 9.98. The van der Waals surface area contributed by atoms with Crippen molar-refractivity contribution < 1.29 is 40.7 Å². The number of alkyl halides is 6. The maximum absolute atomic E-state index is 12.1. The molecule has 12 heteroatoms. The van der Waals surface area contributed by atoms with Crippen molar-refractivity contribution in [2.24, 2.45) is 5.92 Å². The topological polar surface area (TPSA) is 67.4 Å². The van der Waals surface area contributed by atoms with Gasteiger partial charge in [-0.25, -0.2) is 0 Å². The number of rotatable bonds is 7. The zero-order chi connectivity index (χ0) is 25.1. The Morgan fingerprint density at radius 3 is 2.27 bits per heavy atom. The summed E-state index contributed by atoms with van der Waals surface area (Å²) in [5.41, 5.74) is 0.939. The lowest BCUT2D eigenvalue weighted by Crippen LogP contribution is -2.35. The number of nitrogens with one attached hydrogen (secondary N) is 2. The van der Waals surface area contributed by atoms with Gasteiger partial charge < -0.3 is 15.4 Å². The number of ether oxygens (including phenoxy) is 1. The van der Waals surface area contributed by atoms with Crippen LogP contribution in [0, 0.1) is 5.92 Å². The number of carbonyl (C=O) groups excluding carboxylic acids is 2. The molecular weight excluding hydrogens is 478 g/mol. The molecule has 1 heterocycles. The highest BCUT2D eigenvalue weighted by Gasteiger charge is 2.39. The average molecular weight is 505 g/mol. The first-order valence-electron chi connectivity index (χ1n) is 10.4. The first-order chi connectivity index (χ1) is 15.3. The average Bonchev–Trinajstić information content (AvgIpc) is 2.73. The molecule has 0 aliphatic carbocycles. The van der Waals surface area contributed by atoms with E-state index in [1.807, 2.05) is 0 Å². The Balaban J connectivity index is 0.000000451. The van der Waals surface area contributed by atoms with E-state index < -0.39 is 37.0 Å². The number of benzene rings is 1. The molecule has 0 radical (unpaired) electrons. The van der Waals surface area contributed by atoms with E-state index in [2.05, 4.69) is 10.6 Å². The Kier molecular flexibility index (Phi) is 12.0. The number of hydrogen-bond donors (Lipinski definition) is 2. The maximum Gasteiger partial charge on any atom is 0.391 e. The molecule has 1 fully saturated rings. The van der Waals surface area contributed by atoms with Crippen LogP contribution in [0.5, 0.6) is 0 Å². The zero-order valence-corrected chi connectivity index (χ0v) is 18.8. The van der Waals surface area contributed by atoms with Crippen molar-refractivity contribution in [2.45, 2.75) is 57.8 Å². The van der Waals surface area contributed by atoms with Crippen molar-refractivity contribution in [3.63, 3.8) is 0 Å². The van der Waals surface area contributed by atoms with Gasteiger partial charge in [0.05, 0.1) is 29.7 Å². The summed E-state index contributed by atoms with van der Waals surface area (Å²) in [6.07, 6.45) is -9.21. The monoisotopic (exact) mass is 504 g/mol. The Bertz CT molecular complexity index is 765. The molecule has 5 nitrogen and oxygen atoms in total. The van der Waals surface area contributed by atoms with Gasteiger partial charge in [-0.05, 0) is 57.0 Å². The predicted molar refractivity (Wildman–Crippen MR) is 112 cm³/mol. The Morgan fingerprint density at radius 1 is 1.12 bits per heavy atom. The third kappa shape index (κ3) is 12.7. The standard InChI is InChI=1S/C15H17ClF3NO3.C6H10F3N/c1-2-23-14(22)6-4-10-3-5-11(16)12(9-10)20-13(21)7-8-15(17,18)19;7-6(8,9)5-1-3-10-4-2-5/h3,5,9H,2,4,6-8H2,1H3,(H,20,21);5,10H,1-4H2. The van der Waals surface area contributed by atoms with E-state index >= 15 is 0 Å². The first kappa shape index (κ1) is 29.0. The SMILES string of the molecule is CCOC(=O)CCc1ccc(Cl)c(NC(=O)CCC(F)(F)F)c1.FC(F)(F)C1CCNCC1. The molecule has 2 N–H and O–H groups in total. The summed E-state index contributed by atoms with van der Waals surface area (Å²) in [5.74, 6) is -2.18. The lowest BCUT2D eigenvalue weighted by Gasteiger charge is -2.24. The van der Waals surface area contributed by atoms with Gasteiger partial charge in [-0.1, -0.05) is 17.7 Å². The molecular formula is C21H27ClF6N2O3. The van der Waals surface area contributed by atoms with E-state index in [-0.39, 0.29) is 35.9 Å². The second-order valence-corrected chi connectivity index (χ2v) is 7.76. The minimum atomic E-state index is -4.39. The molecule has 0 atom stereocenters. The number of aryl methyl sites for hydroxylation is 1. The van der Waals surface area contributed by atoms with Crippen LogP contribution in [-0.4, -0.2) is 43.9 Å². The molecule has 188 valence electrons. The summed E-state index contributed by atoms with van der Waals surface area (Å²) in [7, 11) is 0. The number of amides is 1. The lowest BCUT2D eigenvalue weighted by molar-refractivity contribution is -0.180. The third-order valence-corrected chi connectivity index (χ3v) is 5.00. The summed E-state index contributed by atoms with van der Waals surface area (Å²) < 4.78 is 76.8. The van der Waals surface area contributed by atoms with Crippen molar-refractivity contribution in [3.8, 4) is 0 Å². The summed E-state index contributed by atoms with van der Waals surface area (Å²) >= 11 is 5.91. The van der Waals surface area contributed by atoms with Crippen LogP contribution in [-0.2, 0) is 20.7 Å². The van der Waals surface area contributed by atoms with Crippen molar-refractivity contribution in [2.75, 3.05) is 25.0 Å². The maximum atomic E-state index is 12.1. The smallest absolute Gasteiger partial charge is 0.391 e. The minimum Gasteiger partial charge on any atom is -0.466 e. The van der Waals surface area contributed by atoms with E-state index in [9.17, 15) is 35.9 Å². The van der Waals surface area contributed by atoms with Crippen LogP contribution in [0.4, 0.5) is 32.0 Å². The van der Waals surface area contributed by atoms with Crippen LogP contribution < -0.4 is 10.6 Å². The van der Waals surface area contributed by atoms with E-state index in [4.69, 9.17) is 16.3 Å². The zero-order valence-electron chi connectivity index (χ0n) is 18.0. The quantitative estimate of drug-likeness (QED) is 0.371. The van der Waals surface area contributed by atoms with Gasteiger partial charge in [-0.15, -0.1) is 0 Å². The molecule has 0 bridgehead atoms. The summed E-state index contributed by atoms with van der Waals surface area (Å²) in [5, 5.41) is 5.45. The molecule has 1 aliphatic heterocycles. The summed E-state index contributed by atoms with van der Waals surface area (Å²) in [4.78, 5) is 22.8. The van der Waals surface area contributed by atoms with Gasteiger partial charge in [0, 0.05) is 12.8 Å². The first-order valence-corrected chi connectivity index (χ1v) is 10.8. The molecule has 1 aromatic carbocycles. The second-order valence-electron chi connectivity index (χ2n) is 7.35. The normalized spacial score (nSPS) is 14.8. The minimum absolute atomic E-state index is 0.164. The van der Waals surface area contributed by atoms with Crippen molar-refractivity contribution >= 4 is 29.2 Å². The largest absolute Gasteiger partial charge is 0.466 e. The number of anilines is 1. The summed E-state index contributed by atoms with van der Waals surface area (Å²) in [6, 6.07) is 4.72. The van der Waals surface area contributed by atoms with Gasteiger partial charge >= 0.3 is 18.3 Å². The van der Waals surface area contributed by atoms with Crippen molar-refractivity contribution in [1.82, 2.24) is 5.32 Å². The van der Waals surface area contributed by atoms with E-state index in [0.717, 1.165) is 0 Å². The van der Waals surface area contributed by atoms with Gasteiger partial charge in [0.2, 0.25) is 5.91 Å². The van der Waals surface area contributed by atoms with Gasteiger partial charge in [0.1, 0.15) is 0 Å². The number of piperidine rings is 1. The fourth-order valence-corrected chi connectivity index (χ4v) is 3.09.